The Morgan fingerprint density at radius 3 is 2.74 bits per heavy atom. The number of amides is 2. The molecule has 0 saturated carbocycles. The maximum absolute atomic E-state index is 12.3. The second-order valence-electron chi connectivity index (χ2n) is 6.84. The first-order valence-corrected chi connectivity index (χ1v) is 8.54. The summed E-state index contributed by atoms with van der Waals surface area (Å²) >= 11 is 0. The van der Waals surface area contributed by atoms with Gasteiger partial charge < -0.3 is 15.2 Å². The van der Waals surface area contributed by atoms with Gasteiger partial charge in [-0.1, -0.05) is 30.3 Å². The molecule has 2 amide bonds. The Balaban J connectivity index is 1.71. The van der Waals surface area contributed by atoms with E-state index < -0.39 is 23.8 Å². The molecule has 3 rings (SSSR count). The highest BCUT2D eigenvalue weighted by molar-refractivity contribution is 5.73. The molecule has 0 spiro atoms. The van der Waals surface area contributed by atoms with Crippen LogP contribution >= 0.6 is 0 Å². The van der Waals surface area contributed by atoms with Crippen LogP contribution in [0.2, 0.25) is 0 Å². The molecule has 0 saturated heterocycles. The van der Waals surface area contributed by atoms with Gasteiger partial charge in [0.1, 0.15) is 17.5 Å². The Hall–Kier alpha value is -3.08. The highest BCUT2D eigenvalue weighted by Gasteiger charge is 2.43. The number of fused-ring (bicyclic) bond motifs is 1. The van der Waals surface area contributed by atoms with Crippen molar-refractivity contribution in [3.8, 4) is 11.8 Å². The monoisotopic (exact) mass is 367 g/mol. The lowest BCUT2D eigenvalue weighted by Gasteiger charge is -2.42. The zero-order valence-corrected chi connectivity index (χ0v) is 15.1. The van der Waals surface area contributed by atoms with Crippen molar-refractivity contribution < 1.29 is 19.5 Å². The highest BCUT2D eigenvalue weighted by atomic mass is 16.7. The molecule has 0 bridgehead atoms. The van der Waals surface area contributed by atoms with E-state index in [1.807, 2.05) is 36.4 Å². The second kappa shape index (κ2) is 7.66. The first-order valence-electron chi connectivity index (χ1n) is 8.54. The third-order valence-corrected chi connectivity index (χ3v) is 4.41. The molecular formula is C20H21N3O4. The van der Waals surface area contributed by atoms with Gasteiger partial charge in [0.2, 0.25) is 0 Å². The van der Waals surface area contributed by atoms with Gasteiger partial charge in [0.05, 0.1) is 24.3 Å². The maximum Gasteiger partial charge on any atom is 0.339 e. The standard InChI is InChI=1S/C20H21N3O4/c1-20(2)18(24)17(15-10-14(11-21)8-9-16(15)27-20)22-19(25)23-26-12-13-6-4-3-5-7-13/h3-10,17-18,24H,12H2,1-2H3,(H2,22,23,25). The first kappa shape index (κ1) is 18.7. The predicted octanol–water partition coefficient (Wildman–Crippen LogP) is 2.56. The van der Waals surface area contributed by atoms with Crippen molar-refractivity contribution >= 4 is 6.03 Å². The average molecular weight is 367 g/mol. The molecule has 27 heavy (non-hydrogen) atoms. The van der Waals surface area contributed by atoms with Crippen LogP contribution in [-0.2, 0) is 11.4 Å². The van der Waals surface area contributed by atoms with E-state index in [9.17, 15) is 9.90 Å². The largest absolute Gasteiger partial charge is 0.485 e. The number of ether oxygens (including phenoxy) is 1. The summed E-state index contributed by atoms with van der Waals surface area (Å²) in [6, 6.07) is 15.0. The van der Waals surface area contributed by atoms with E-state index >= 15 is 0 Å². The lowest BCUT2D eigenvalue weighted by atomic mass is 9.86. The van der Waals surface area contributed by atoms with Crippen molar-refractivity contribution in [1.29, 1.82) is 5.26 Å². The second-order valence-corrected chi connectivity index (χ2v) is 6.84. The van der Waals surface area contributed by atoms with E-state index in [1.54, 1.807) is 32.0 Å². The molecule has 7 heteroatoms. The minimum absolute atomic E-state index is 0.214. The molecule has 0 fully saturated rings. The van der Waals surface area contributed by atoms with Gasteiger partial charge in [-0.05, 0) is 37.6 Å². The van der Waals surface area contributed by atoms with E-state index in [0.717, 1.165) is 5.56 Å². The van der Waals surface area contributed by atoms with Crippen molar-refractivity contribution in [1.82, 2.24) is 10.8 Å². The van der Waals surface area contributed by atoms with Crippen LogP contribution in [-0.4, -0.2) is 22.8 Å². The maximum atomic E-state index is 12.3. The summed E-state index contributed by atoms with van der Waals surface area (Å²) < 4.78 is 5.82. The number of nitriles is 1. The molecule has 2 aromatic carbocycles. The molecule has 1 aliphatic heterocycles. The summed E-state index contributed by atoms with van der Waals surface area (Å²) in [4.78, 5) is 17.5. The number of hydrogen-bond acceptors (Lipinski definition) is 5. The number of benzene rings is 2. The van der Waals surface area contributed by atoms with Crippen molar-refractivity contribution in [3.63, 3.8) is 0 Å². The lowest BCUT2D eigenvalue weighted by Crippen LogP contribution is -2.54. The minimum atomic E-state index is -1.01. The number of urea groups is 1. The molecule has 2 unspecified atom stereocenters. The van der Waals surface area contributed by atoms with Gasteiger partial charge in [0.25, 0.3) is 0 Å². The third kappa shape index (κ3) is 4.19. The van der Waals surface area contributed by atoms with Gasteiger partial charge in [-0.3, -0.25) is 4.84 Å². The van der Waals surface area contributed by atoms with E-state index in [4.69, 9.17) is 14.8 Å². The predicted molar refractivity (Wildman–Crippen MR) is 97.5 cm³/mol. The quantitative estimate of drug-likeness (QED) is 0.721. The normalized spacial score (nSPS) is 19.9. The summed E-state index contributed by atoms with van der Waals surface area (Å²) in [7, 11) is 0. The third-order valence-electron chi connectivity index (χ3n) is 4.41. The minimum Gasteiger partial charge on any atom is -0.485 e. The molecule has 0 radical (unpaired) electrons. The topological polar surface area (TPSA) is 104 Å². The number of nitrogens with one attached hydrogen (secondary N) is 2. The Kier molecular flexibility index (Phi) is 5.31. The molecule has 0 aromatic heterocycles. The van der Waals surface area contributed by atoms with Gasteiger partial charge in [0, 0.05) is 5.56 Å². The van der Waals surface area contributed by atoms with Crippen molar-refractivity contribution in [2.75, 3.05) is 0 Å². The van der Waals surface area contributed by atoms with Gasteiger partial charge in [-0.15, -0.1) is 0 Å². The summed E-state index contributed by atoms with van der Waals surface area (Å²) in [6.45, 7) is 3.68. The number of aliphatic hydroxyl groups is 1. The molecule has 1 aliphatic rings. The average Bonchev–Trinajstić information content (AvgIpc) is 2.66. The van der Waals surface area contributed by atoms with Crippen molar-refractivity contribution in [3.05, 3.63) is 65.2 Å². The Bertz CT molecular complexity index is 861. The van der Waals surface area contributed by atoms with E-state index in [2.05, 4.69) is 10.8 Å². The number of hydroxylamine groups is 1. The Labute approximate surface area is 157 Å². The van der Waals surface area contributed by atoms with Crippen molar-refractivity contribution in [2.45, 2.75) is 38.2 Å². The summed E-state index contributed by atoms with van der Waals surface area (Å²) in [5.74, 6) is 0.514. The summed E-state index contributed by atoms with van der Waals surface area (Å²) in [6.07, 6.45) is -1.01. The van der Waals surface area contributed by atoms with E-state index in [0.29, 0.717) is 16.9 Å². The van der Waals surface area contributed by atoms with Crippen molar-refractivity contribution in [2.24, 2.45) is 0 Å². The van der Waals surface area contributed by atoms with Gasteiger partial charge in [-0.25, -0.2) is 10.3 Å². The van der Waals surface area contributed by atoms with Crippen LogP contribution < -0.4 is 15.5 Å². The molecule has 1 heterocycles. The fraction of sp³-hybridized carbons (Fsp3) is 0.300. The number of carbonyl (C=O) groups is 1. The number of carbonyl (C=O) groups excluding carboxylic acids is 1. The van der Waals surface area contributed by atoms with Crippen LogP contribution in [0.25, 0.3) is 0 Å². The molecule has 0 aliphatic carbocycles. The summed E-state index contributed by atoms with van der Waals surface area (Å²) in [5.41, 5.74) is 3.27. The molecule has 2 aromatic rings. The fourth-order valence-corrected chi connectivity index (χ4v) is 2.96. The van der Waals surface area contributed by atoms with Gasteiger partial charge >= 0.3 is 6.03 Å². The number of aliphatic hydroxyl groups excluding tert-OH is 1. The molecular weight excluding hydrogens is 346 g/mol. The molecule has 2 atom stereocenters. The molecule has 7 nitrogen and oxygen atoms in total. The van der Waals surface area contributed by atoms with Crippen LogP contribution in [0, 0.1) is 11.3 Å². The molecule has 3 N–H and O–H groups in total. The van der Waals surface area contributed by atoms with Crippen LogP contribution in [0.15, 0.2) is 48.5 Å². The Morgan fingerprint density at radius 2 is 2.04 bits per heavy atom. The van der Waals surface area contributed by atoms with Crippen LogP contribution in [0.5, 0.6) is 5.75 Å². The fourth-order valence-electron chi connectivity index (χ4n) is 2.96. The lowest BCUT2D eigenvalue weighted by molar-refractivity contribution is -0.0633. The van der Waals surface area contributed by atoms with Gasteiger partial charge in [0.15, 0.2) is 0 Å². The Morgan fingerprint density at radius 1 is 1.30 bits per heavy atom. The SMILES string of the molecule is CC1(C)Oc2ccc(C#N)cc2C(NC(=O)NOCc2ccccc2)C1O. The number of hydrogen-bond donors (Lipinski definition) is 3. The highest BCUT2D eigenvalue weighted by Crippen LogP contribution is 2.40. The zero-order valence-electron chi connectivity index (χ0n) is 15.1. The number of nitrogens with zero attached hydrogens (tertiary/aromatic N) is 1. The van der Waals surface area contributed by atoms with Crippen LogP contribution in [0.4, 0.5) is 4.79 Å². The van der Waals surface area contributed by atoms with Gasteiger partial charge in [-0.2, -0.15) is 5.26 Å². The van der Waals surface area contributed by atoms with Crippen LogP contribution in [0.3, 0.4) is 0 Å². The number of rotatable bonds is 4. The van der Waals surface area contributed by atoms with Crippen LogP contribution in [0.1, 0.15) is 36.6 Å². The molecule has 140 valence electrons. The summed E-state index contributed by atoms with van der Waals surface area (Å²) in [5, 5.41) is 22.5. The first-order chi connectivity index (χ1) is 12.9. The van der Waals surface area contributed by atoms with E-state index in [1.165, 1.54) is 0 Å². The van der Waals surface area contributed by atoms with E-state index in [-0.39, 0.29) is 6.61 Å². The smallest absolute Gasteiger partial charge is 0.339 e. The zero-order chi connectivity index (χ0) is 19.4.